The van der Waals surface area contributed by atoms with Crippen LogP contribution in [0.2, 0.25) is 0 Å². The van der Waals surface area contributed by atoms with Gasteiger partial charge in [-0.3, -0.25) is 4.90 Å². The van der Waals surface area contributed by atoms with Crippen LogP contribution in [0.1, 0.15) is 64.1 Å². The lowest BCUT2D eigenvalue weighted by molar-refractivity contribution is 0.169. The van der Waals surface area contributed by atoms with E-state index in [4.69, 9.17) is 4.98 Å². The quantitative estimate of drug-likeness (QED) is 0.895. The highest BCUT2D eigenvalue weighted by Crippen LogP contribution is 2.22. The van der Waals surface area contributed by atoms with Crippen LogP contribution in [0, 0.1) is 5.92 Å². The van der Waals surface area contributed by atoms with E-state index in [1.165, 1.54) is 36.6 Å². The predicted molar refractivity (Wildman–Crippen MR) is 92.0 cm³/mol. The van der Waals surface area contributed by atoms with Crippen molar-refractivity contribution in [2.45, 2.75) is 65.5 Å². The average Bonchev–Trinajstić information content (AvgIpc) is 2.86. The maximum absolute atomic E-state index is 4.76. The van der Waals surface area contributed by atoms with Gasteiger partial charge >= 0.3 is 0 Å². The second-order valence-corrected chi connectivity index (χ2v) is 8.57. The fraction of sp³-hybridized carbons (Fsp3) is 0.824. The molecule has 0 aliphatic carbocycles. The second-order valence-electron chi connectivity index (χ2n) is 7.68. The summed E-state index contributed by atoms with van der Waals surface area (Å²) in [5.41, 5.74) is 1.50. The third-order valence-corrected chi connectivity index (χ3v) is 5.27. The van der Waals surface area contributed by atoms with Crippen LogP contribution in [0.15, 0.2) is 5.38 Å². The van der Waals surface area contributed by atoms with E-state index in [0.29, 0.717) is 5.92 Å². The lowest BCUT2D eigenvalue weighted by Gasteiger charge is -2.33. The largest absolute Gasteiger partial charge is 0.312 e. The summed E-state index contributed by atoms with van der Waals surface area (Å²) in [6, 6.07) is 0. The zero-order valence-electron chi connectivity index (χ0n) is 14.3. The average molecular weight is 310 g/mol. The smallest absolute Gasteiger partial charge is 0.0954 e. The summed E-state index contributed by atoms with van der Waals surface area (Å²) in [5.74, 6) is 1.39. The number of likely N-dealkylation sites (tertiary alicyclic amines) is 1. The lowest BCUT2D eigenvalue weighted by atomic mass is 9.95. The summed E-state index contributed by atoms with van der Waals surface area (Å²) in [5, 5.41) is 7.15. The zero-order valence-corrected chi connectivity index (χ0v) is 15.1. The first-order valence-electron chi connectivity index (χ1n) is 8.25. The van der Waals surface area contributed by atoms with Crippen molar-refractivity contribution in [3.05, 3.63) is 16.1 Å². The molecule has 1 aliphatic rings. The topological polar surface area (TPSA) is 28.2 Å². The minimum Gasteiger partial charge on any atom is -0.312 e. The van der Waals surface area contributed by atoms with E-state index in [9.17, 15) is 0 Å². The summed E-state index contributed by atoms with van der Waals surface area (Å²) < 4.78 is 0. The van der Waals surface area contributed by atoms with Gasteiger partial charge in [0, 0.05) is 23.4 Å². The number of thiazole rings is 1. The Morgan fingerprint density at radius 1 is 1.33 bits per heavy atom. The standard InChI is InChI=1S/C17H31N3S/c1-13(2)16-19-15(12-21-16)11-20-8-6-14(7-9-20)10-18-17(3,4)5/h12-14,18H,6-11H2,1-5H3. The van der Waals surface area contributed by atoms with Crippen LogP contribution in [0.25, 0.3) is 0 Å². The highest BCUT2D eigenvalue weighted by molar-refractivity contribution is 7.09. The highest BCUT2D eigenvalue weighted by Gasteiger charge is 2.21. The summed E-state index contributed by atoms with van der Waals surface area (Å²) in [6.07, 6.45) is 2.62. The van der Waals surface area contributed by atoms with Gasteiger partial charge in [0.2, 0.25) is 0 Å². The van der Waals surface area contributed by atoms with Crippen LogP contribution in [0.3, 0.4) is 0 Å². The van der Waals surface area contributed by atoms with Crippen molar-refractivity contribution in [2.75, 3.05) is 19.6 Å². The molecule has 21 heavy (non-hydrogen) atoms. The van der Waals surface area contributed by atoms with Crippen LogP contribution in [-0.2, 0) is 6.54 Å². The number of hydrogen-bond acceptors (Lipinski definition) is 4. The van der Waals surface area contributed by atoms with E-state index in [0.717, 1.165) is 19.0 Å². The van der Waals surface area contributed by atoms with Crippen molar-refractivity contribution in [1.29, 1.82) is 0 Å². The van der Waals surface area contributed by atoms with Gasteiger partial charge in [-0.05, 0) is 59.2 Å². The lowest BCUT2D eigenvalue weighted by Crippen LogP contribution is -2.42. The molecule has 120 valence electrons. The molecule has 0 radical (unpaired) electrons. The van der Waals surface area contributed by atoms with Gasteiger partial charge in [-0.25, -0.2) is 4.98 Å². The Morgan fingerprint density at radius 3 is 2.52 bits per heavy atom. The van der Waals surface area contributed by atoms with Crippen molar-refractivity contribution in [3.8, 4) is 0 Å². The van der Waals surface area contributed by atoms with Crippen molar-refractivity contribution >= 4 is 11.3 Å². The first kappa shape index (κ1) is 16.9. The molecule has 0 aromatic carbocycles. The van der Waals surface area contributed by atoms with Gasteiger partial charge in [0.15, 0.2) is 0 Å². The van der Waals surface area contributed by atoms with Crippen LogP contribution in [0.5, 0.6) is 0 Å². The molecule has 1 aromatic heterocycles. The van der Waals surface area contributed by atoms with Gasteiger partial charge in [0.05, 0.1) is 10.7 Å². The van der Waals surface area contributed by atoms with Crippen molar-refractivity contribution in [2.24, 2.45) is 5.92 Å². The molecule has 0 amide bonds. The van der Waals surface area contributed by atoms with E-state index in [2.05, 4.69) is 50.2 Å². The molecule has 2 rings (SSSR count). The van der Waals surface area contributed by atoms with Gasteiger partial charge in [0.25, 0.3) is 0 Å². The van der Waals surface area contributed by atoms with Gasteiger partial charge in [-0.1, -0.05) is 13.8 Å². The molecule has 2 heterocycles. The number of nitrogens with zero attached hydrogens (tertiary/aromatic N) is 2. The minimum absolute atomic E-state index is 0.241. The third kappa shape index (κ3) is 5.68. The van der Waals surface area contributed by atoms with E-state index in [1.54, 1.807) is 0 Å². The molecule has 0 bridgehead atoms. The van der Waals surface area contributed by atoms with Gasteiger partial charge in [-0.15, -0.1) is 11.3 Å². The van der Waals surface area contributed by atoms with Crippen molar-refractivity contribution in [1.82, 2.24) is 15.2 Å². The molecule has 1 aromatic rings. The van der Waals surface area contributed by atoms with Gasteiger partial charge in [0.1, 0.15) is 0 Å². The molecule has 4 heteroatoms. The highest BCUT2D eigenvalue weighted by atomic mass is 32.1. The normalized spacial score (nSPS) is 18.6. The second kappa shape index (κ2) is 7.21. The molecule has 1 fully saturated rings. The van der Waals surface area contributed by atoms with Crippen LogP contribution in [0.4, 0.5) is 0 Å². The van der Waals surface area contributed by atoms with Crippen molar-refractivity contribution in [3.63, 3.8) is 0 Å². The van der Waals surface area contributed by atoms with E-state index in [1.807, 2.05) is 11.3 Å². The molecular formula is C17H31N3S. The summed E-state index contributed by atoms with van der Waals surface area (Å²) in [7, 11) is 0. The summed E-state index contributed by atoms with van der Waals surface area (Å²) in [4.78, 5) is 7.32. The Bertz CT molecular complexity index is 425. The number of rotatable bonds is 5. The predicted octanol–water partition coefficient (Wildman–Crippen LogP) is 3.87. The molecule has 1 aliphatic heterocycles. The first-order chi connectivity index (χ1) is 9.83. The molecule has 3 nitrogen and oxygen atoms in total. The SMILES string of the molecule is CC(C)c1nc(CN2CCC(CNC(C)(C)C)CC2)cs1. The molecule has 0 spiro atoms. The fourth-order valence-electron chi connectivity index (χ4n) is 2.69. The summed E-state index contributed by atoms with van der Waals surface area (Å²) in [6.45, 7) is 15.8. The molecule has 1 saturated heterocycles. The van der Waals surface area contributed by atoms with Gasteiger partial charge in [-0.2, -0.15) is 0 Å². The Hall–Kier alpha value is -0.450. The number of hydrogen-bond donors (Lipinski definition) is 1. The van der Waals surface area contributed by atoms with Crippen LogP contribution in [-0.4, -0.2) is 35.1 Å². The summed E-state index contributed by atoms with van der Waals surface area (Å²) >= 11 is 1.81. The number of aromatic nitrogens is 1. The van der Waals surface area contributed by atoms with Crippen molar-refractivity contribution < 1.29 is 0 Å². The van der Waals surface area contributed by atoms with E-state index < -0.39 is 0 Å². The third-order valence-electron chi connectivity index (χ3n) is 4.08. The molecule has 1 N–H and O–H groups in total. The zero-order chi connectivity index (χ0) is 15.5. The minimum atomic E-state index is 0.241. The Kier molecular flexibility index (Phi) is 5.81. The Balaban J connectivity index is 1.73. The van der Waals surface area contributed by atoms with E-state index in [-0.39, 0.29) is 5.54 Å². The Labute approximate surface area is 134 Å². The molecular weight excluding hydrogens is 278 g/mol. The van der Waals surface area contributed by atoms with Gasteiger partial charge < -0.3 is 5.32 Å². The monoisotopic (exact) mass is 309 g/mol. The Morgan fingerprint density at radius 2 is 2.00 bits per heavy atom. The molecule has 0 atom stereocenters. The first-order valence-corrected chi connectivity index (χ1v) is 9.13. The van der Waals surface area contributed by atoms with E-state index >= 15 is 0 Å². The fourth-order valence-corrected chi connectivity index (χ4v) is 3.51. The molecule has 0 saturated carbocycles. The number of piperidine rings is 1. The molecule has 0 unspecified atom stereocenters. The maximum Gasteiger partial charge on any atom is 0.0954 e. The van der Waals surface area contributed by atoms with Crippen LogP contribution >= 0.6 is 11.3 Å². The maximum atomic E-state index is 4.76. The number of nitrogens with one attached hydrogen (secondary N) is 1. The van der Waals surface area contributed by atoms with Crippen LogP contribution < -0.4 is 5.32 Å².